The number of hydrogen-bond donors (Lipinski definition) is 2. The molecule has 3 N–H and O–H groups in total. The first-order valence-corrected chi connectivity index (χ1v) is 6.27. The van der Waals surface area contributed by atoms with Crippen molar-refractivity contribution in [2.24, 2.45) is 5.73 Å². The number of thioether (sulfide) groups is 1. The molecule has 3 nitrogen and oxygen atoms in total. The van der Waals surface area contributed by atoms with Gasteiger partial charge in [0.1, 0.15) is 0 Å². The summed E-state index contributed by atoms with van der Waals surface area (Å²) in [6, 6.07) is 8.19. The molecule has 0 aliphatic carbocycles. The summed E-state index contributed by atoms with van der Waals surface area (Å²) in [6.45, 7) is 5.75. The van der Waals surface area contributed by atoms with E-state index in [0.29, 0.717) is 0 Å². The number of amides is 1. The molecule has 1 unspecified atom stereocenters. The van der Waals surface area contributed by atoms with E-state index in [1.54, 1.807) is 0 Å². The van der Waals surface area contributed by atoms with Crippen molar-refractivity contribution in [1.82, 2.24) is 5.32 Å². The Labute approximate surface area is 101 Å². The van der Waals surface area contributed by atoms with Gasteiger partial charge in [-0.05, 0) is 31.2 Å². The normalized spacial score (nSPS) is 12.4. The van der Waals surface area contributed by atoms with Gasteiger partial charge in [0.05, 0.1) is 5.25 Å². The minimum atomic E-state index is -0.276. The largest absolute Gasteiger partial charge is 0.369 e. The topological polar surface area (TPSA) is 55.1 Å². The van der Waals surface area contributed by atoms with Crippen LogP contribution in [0, 0.1) is 0 Å². The van der Waals surface area contributed by atoms with Gasteiger partial charge in [-0.1, -0.05) is 19.1 Å². The van der Waals surface area contributed by atoms with Crippen molar-refractivity contribution in [2.45, 2.75) is 30.5 Å². The average Bonchev–Trinajstić information content (AvgIpc) is 2.28. The number of rotatable bonds is 6. The van der Waals surface area contributed by atoms with Gasteiger partial charge in [0.2, 0.25) is 5.91 Å². The smallest absolute Gasteiger partial charge is 0.230 e. The van der Waals surface area contributed by atoms with Crippen LogP contribution < -0.4 is 11.1 Å². The quantitative estimate of drug-likeness (QED) is 0.743. The van der Waals surface area contributed by atoms with Gasteiger partial charge in [-0.3, -0.25) is 4.79 Å². The van der Waals surface area contributed by atoms with Crippen LogP contribution in [0.25, 0.3) is 0 Å². The zero-order valence-corrected chi connectivity index (χ0v) is 10.5. The van der Waals surface area contributed by atoms with E-state index in [4.69, 9.17) is 5.73 Å². The SMILES string of the molecule is CCNCc1ccc(SC(C)C(N)=O)cc1. The third-order valence-corrected chi connectivity index (χ3v) is 3.35. The molecule has 0 saturated carbocycles. The summed E-state index contributed by atoms with van der Waals surface area (Å²) >= 11 is 1.49. The molecule has 0 radical (unpaired) electrons. The molecule has 0 heterocycles. The van der Waals surface area contributed by atoms with Crippen LogP contribution in [0.5, 0.6) is 0 Å². The summed E-state index contributed by atoms with van der Waals surface area (Å²) in [5.74, 6) is -0.276. The van der Waals surface area contributed by atoms with Gasteiger partial charge >= 0.3 is 0 Å². The van der Waals surface area contributed by atoms with Crippen LogP contribution in [0.4, 0.5) is 0 Å². The molecule has 4 heteroatoms. The molecule has 0 saturated heterocycles. The van der Waals surface area contributed by atoms with Crippen LogP contribution >= 0.6 is 11.8 Å². The van der Waals surface area contributed by atoms with Crippen molar-refractivity contribution in [3.63, 3.8) is 0 Å². The van der Waals surface area contributed by atoms with Crippen molar-refractivity contribution < 1.29 is 4.79 Å². The molecule has 0 aliphatic rings. The molecule has 88 valence electrons. The van der Waals surface area contributed by atoms with E-state index < -0.39 is 0 Å². The Balaban J connectivity index is 2.54. The number of hydrogen-bond acceptors (Lipinski definition) is 3. The van der Waals surface area contributed by atoms with Gasteiger partial charge in [-0.15, -0.1) is 11.8 Å². The first kappa shape index (κ1) is 13.1. The Bertz CT molecular complexity index is 337. The maximum Gasteiger partial charge on any atom is 0.230 e. The first-order valence-electron chi connectivity index (χ1n) is 5.39. The number of primary amides is 1. The lowest BCUT2D eigenvalue weighted by Crippen LogP contribution is -2.22. The average molecular weight is 238 g/mol. The third kappa shape index (κ3) is 4.24. The van der Waals surface area contributed by atoms with Gasteiger partial charge < -0.3 is 11.1 Å². The zero-order valence-electron chi connectivity index (χ0n) is 9.69. The minimum Gasteiger partial charge on any atom is -0.369 e. The van der Waals surface area contributed by atoms with Gasteiger partial charge in [0.15, 0.2) is 0 Å². The van der Waals surface area contributed by atoms with Gasteiger partial charge in [0, 0.05) is 11.4 Å². The van der Waals surface area contributed by atoms with Gasteiger partial charge in [-0.2, -0.15) is 0 Å². The monoisotopic (exact) mass is 238 g/mol. The highest BCUT2D eigenvalue weighted by Crippen LogP contribution is 2.23. The predicted molar refractivity (Wildman–Crippen MR) is 68.3 cm³/mol. The Hall–Kier alpha value is -1.00. The third-order valence-electron chi connectivity index (χ3n) is 2.22. The van der Waals surface area contributed by atoms with Crippen molar-refractivity contribution in [3.05, 3.63) is 29.8 Å². The molecule has 16 heavy (non-hydrogen) atoms. The highest BCUT2D eigenvalue weighted by atomic mass is 32.2. The molecule has 0 aromatic heterocycles. The molecule has 1 aromatic rings. The summed E-state index contributed by atoms with van der Waals surface area (Å²) in [7, 11) is 0. The van der Waals surface area contributed by atoms with Crippen LogP contribution in [0.1, 0.15) is 19.4 Å². The van der Waals surface area contributed by atoms with Crippen molar-refractivity contribution in [1.29, 1.82) is 0 Å². The maximum absolute atomic E-state index is 10.9. The predicted octanol–water partition coefficient (Wildman–Crippen LogP) is 1.76. The molecular formula is C12H18N2OS. The summed E-state index contributed by atoms with van der Waals surface area (Å²) in [4.78, 5) is 12.0. The molecule has 1 atom stereocenters. The summed E-state index contributed by atoms with van der Waals surface area (Å²) in [5.41, 5.74) is 6.46. The first-order chi connectivity index (χ1) is 7.63. The van der Waals surface area contributed by atoms with Crippen LogP contribution in [0.2, 0.25) is 0 Å². The maximum atomic E-state index is 10.9. The Morgan fingerprint density at radius 3 is 2.56 bits per heavy atom. The number of nitrogens with two attached hydrogens (primary N) is 1. The van der Waals surface area contributed by atoms with Crippen LogP contribution in [0.3, 0.4) is 0 Å². The van der Waals surface area contributed by atoms with Crippen LogP contribution in [0.15, 0.2) is 29.2 Å². The summed E-state index contributed by atoms with van der Waals surface area (Å²) in [6.07, 6.45) is 0. The van der Waals surface area contributed by atoms with E-state index in [0.717, 1.165) is 18.0 Å². The van der Waals surface area contributed by atoms with E-state index in [-0.39, 0.29) is 11.2 Å². The Morgan fingerprint density at radius 2 is 2.06 bits per heavy atom. The number of carbonyl (C=O) groups is 1. The number of carbonyl (C=O) groups excluding carboxylic acids is 1. The molecule has 0 aliphatic heterocycles. The van der Waals surface area contributed by atoms with E-state index >= 15 is 0 Å². The molecular weight excluding hydrogens is 220 g/mol. The Morgan fingerprint density at radius 1 is 1.44 bits per heavy atom. The zero-order chi connectivity index (χ0) is 12.0. The summed E-state index contributed by atoms with van der Waals surface area (Å²) < 4.78 is 0. The standard InChI is InChI=1S/C12H18N2OS/c1-3-14-8-10-4-6-11(7-5-10)16-9(2)12(13)15/h4-7,9,14H,3,8H2,1-2H3,(H2,13,15). The van der Waals surface area contributed by atoms with Gasteiger partial charge in [-0.25, -0.2) is 0 Å². The van der Waals surface area contributed by atoms with Gasteiger partial charge in [0.25, 0.3) is 0 Å². The molecule has 1 rings (SSSR count). The van der Waals surface area contributed by atoms with E-state index in [1.165, 1.54) is 17.3 Å². The second-order valence-corrected chi connectivity index (χ2v) is 5.00. The van der Waals surface area contributed by atoms with Crippen molar-refractivity contribution >= 4 is 17.7 Å². The summed E-state index contributed by atoms with van der Waals surface area (Å²) in [5, 5.41) is 3.08. The minimum absolute atomic E-state index is 0.181. The molecule has 1 aromatic carbocycles. The second-order valence-electron chi connectivity index (χ2n) is 3.59. The number of benzene rings is 1. The number of nitrogens with one attached hydrogen (secondary N) is 1. The highest BCUT2D eigenvalue weighted by Gasteiger charge is 2.09. The molecule has 0 fully saturated rings. The van der Waals surface area contributed by atoms with E-state index in [2.05, 4.69) is 24.4 Å². The highest BCUT2D eigenvalue weighted by molar-refractivity contribution is 8.00. The fraction of sp³-hybridized carbons (Fsp3) is 0.417. The van der Waals surface area contributed by atoms with E-state index in [9.17, 15) is 4.79 Å². The van der Waals surface area contributed by atoms with Crippen molar-refractivity contribution in [2.75, 3.05) is 6.54 Å². The molecule has 0 bridgehead atoms. The fourth-order valence-corrected chi connectivity index (χ4v) is 2.04. The van der Waals surface area contributed by atoms with Crippen LogP contribution in [-0.4, -0.2) is 17.7 Å². The van der Waals surface area contributed by atoms with E-state index in [1.807, 2.05) is 19.1 Å². The fourth-order valence-electron chi connectivity index (χ4n) is 1.22. The lowest BCUT2D eigenvalue weighted by Gasteiger charge is -2.08. The lowest BCUT2D eigenvalue weighted by atomic mass is 10.2. The van der Waals surface area contributed by atoms with Crippen LogP contribution in [-0.2, 0) is 11.3 Å². The Kier molecular flexibility index (Phi) is 5.35. The second kappa shape index (κ2) is 6.55. The van der Waals surface area contributed by atoms with Crippen molar-refractivity contribution in [3.8, 4) is 0 Å². The lowest BCUT2D eigenvalue weighted by molar-refractivity contribution is -0.117. The molecule has 1 amide bonds. The molecule has 0 spiro atoms.